The van der Waals surface area contributed by atoms with E-state index in [2.05, 4.69) is 17.0 Å². The molecule has 1 fully saturated rings. The molecule has 1 aromatic carbocycles. The summed E-state index contributed by atoms with van der Waals surface area (Å²) < 4.78 is 30.0. The molecule has 1 aliphatic rings. The summed E-state index contributed by atoms with van der Waals surface area (Å²) in [4.78, 5) is 16.5. The Balaban J connectivity index is 1.88. The average Bonchev–Trinajstić information content (AvgIpc) is 2.61. The van der Waals surface area contributed by atoms with Crippen molar-refractivity contribution in [3.8, 4) is 0 Å². The number of hydrogen-bond acceptors (Lipinski definition) is 5. The van der Waals surface area contributed by atoms with Gasteiger partial charge in [0.2, 0.25) is 15.9 Å². The van der Waals surface area contributed by atoms with Gasteiger partial charge in [-0.05, 0) is 18.6 Å². The minimum Gasteiger partial charge on any atom is -0.385 e. The predicted octanol–water partition coefficient (Wildman–Crippen LogP) is 0.633. The zero-order chi connectivity index (χ0) is 18.3. The molecule has 25 heavy (non-hydrogen) atoms. The normalized spacial score (nSPS) is 15.6. The van der Waals surface area contributed by atoms with Gasteiger partial charge in [0, 0.05) is 52.1 Å². The van der Waals surface area contributed by atoms with E-state index in [4.69, 9.17) is 4.74 Å². The highest BCUT2D eigenvalue weighted by Gasteiger charge is 2.26. The van der Waals surface area contributed by atoms with Gasteiger partial charge in [0.05, 0.1) is 12.8 Å². The molecule has 1 amide bonds. The molecule has 0 radical (unpaired) electrons. The van der Waals surface area contributed by atoms with E-state index < -0.39 is 10.0 Å². The van der Waals surface area contributed by atoms with Gasteiger partial charge >= 0.3 is 0 Å². The number of rotatable bonds is 8. The Morgan fingerprint density at radius 1 is 1.16 bits per heavy atom. The molecule has 0 atom stereocenters. The SMILES string of the molecule is COCCCN(CC(=O)N1CCN(c2ccccc2)CC1)S(C)(=O)=O. The first-order valence-electron chi connectivity index (χ1n) is 8.43. The molecule has 140 valence electrons. The van der Waals surface area contributed by atoms with Crippen LogP contribution >= 0.6 is 0 Å². The van der Waals surface area contributed by atoms with Gasteiger partial charge in [-0.15, -0.1) is 0 Å². The van der Waals surface area contributed by atoms with Crippen LogP contribution in [0.3, 0.4) is 0 Å². The number of carbonyl (C=O) groups is 1. The summed E-state index contributed by atoms with van der Waals surface area (Å²) in [6.45, 7) is 3.36. The highest BCUT2D eigenvalue weighted by atomic mass is 32.2. The minimum absolute atomic E-state index is 0.103. The second kappa shape index (κ2) is 9.17. The van der Waals surface area contributed by atoms with Crippen molar-refractivity contribution < 1.29 is 17.9 Å². The molecule has 1 heterocycles. The maximum Gasteiger partial charge on any atom is 0.238 e. The van der Waals surface area contributed by atoms with Crippen LogP contribution in [0.25, 0.3) is 0 Å². The lowest BCUT2D eigenvalue weighted by Gasteiger charge is -2.36. The van der Waals surface area contributed by atoms with Crippen molar-refractivity contribution in [3.05, 3.63) is 30.3 Å². The second-order valence-corrected chi connectivity index (χ2v) is 8.13. The monoisotopic (exact) mass is 369 g/mol. The molecule has 1 aromatic rings. The topological polar surface area (TPSA) is 70.2 Å². The van der Waals surface area contributed by atoms with Crippen LogP contribution in [0, 0.1) is 0 Å². The maximum atomic E-state index is 12.5. The van der Waals surface area contributed by atoms with Crippen LogP contribution in [0.4, 0.5) is 5.69 Å². The number of ether oxygens (including phenoxy) is 1. The van der Waals surface area contributed by atoms with Crippen molar-refractivity contribution in [1.82, 2.24) is 9.21 Å². The van der Waals surface area contributed by atoms with Crippen LogP contribution in [0.2, 0.25) is 0 Å². The van der Waals surface area contributed by atoms with Gasteiger partial charge in [-0.1, -0.05) is 18.2 Å². The zero-order valence-corrected chi connectivity index (χ0v) is 15.7. The van der Waals surface area contributed by atoms with Gasteiger partial charge in [-0.3, -0.25) is 4.79 Å². The number of hydrogen-bond donors (Lipinski definition) is 0. The number of piperazine rings is 1. The van der Waals surface area contributed by atoms with Crippen molar-refractivity contribution >= 4 is 21.6 Å². The Bertz CT molecular complexity index is 643. The summed E-state index contributed by atoms with van der Waals surface area (Å²) in [6.07, 6.45) is 1.71. The van der Waals surface area contributed by atoms with Crippen molar-refractivity contribution in [1.29, 1.82) is 0 Å². The van der Waals surface area contributed by atoms with Gasteiger partial charge in [0.1, 0.15) is 0 Å². The number of amides is 1. The Morgan fingerprint density at radius 3 is 2.36 bits per heavy atom. The lowest BCUT2D eigenvalue weighted by molar-refractivity contribution is -0.131. The quantitative estimate of drug-likeness (QED) is 0.629. The molecule has 0 unspecified atom stereocenters. The number of para-hydroxylation sites is 1. The van der Waals surface area contributed by atoms with E-state index in [0.717, 1.165) is 25.0 Å². The molecule has 0 saturated carbocycles. The third-order valence-electron chi connectivity index (χ3n) is 4.29. The van der Waals surface area contributed by atoms with Gasteiger partial charge in [0.15, 0.2) is 0 Å². The summed E-state index contributed by atoms with van der Waals surface area (Å²) in [5, 5.41) is 0. The smallest absolute Gasteiger partial charge is 0.238 e. The van der Waals surface area contributed by atoms with E-state index in [1.165, 1.54) is 4.31 Å². The van der Waals surface area contributed by atoms with Crippen molar-refractivity contribution in [2.45, 2.75) is 6.42 Å². The van der Waals surface area contributed by atoms with Gasteiger partial charge in [0.25, 0.3) is 0 Å². The molecule has 0 bridgehead atoms. The summed E-state index contributed by atoms with van der Waals surface area (Å²) >= 11 is 0. The first-order valence-corrected chi connectivity index (χ1v) is 10.3. The lowest BCUT2D eigenvalue weighted by atomic mass is 10.2. The van der Waals surface area contributed by atoms with Crippen LogP contribution in [0.1, 0.15) is 6.42 Å². The Hall–Kier alpha value is -1.64. The largest absolute Gasteiger partial charge is 0.385 e. The molecule has 7 nitrogen and oxygen atoms in total. The summed E-state index contributed by atoms with van der Waals surface area (Å²) in [5.74, 6) is -0.143. The van der Waals surface area contributed by atoms with Crippen LogP contribution in [0.5, 0.6) is 0 Å². The number of sulfonamides is 1. The van der Waals surface area contributed by atoms with Crippen molar-refractivity contribution in [3.63, 3.8) is 0 Å². The van der Waals surface area contributed by atoms with Crippen molar-refractivity contribution in [2.24, 2.45) is 0 Å². The minimum atomic E-state index is -3.41. The first kappa shape index (κ1) is 19.7. The predicted molar refractivity (Wildman–Crippen MR) is 98.1 cm³/mol. The maximum absolute atomic E-state index is 12.5. The molecular formula is C17H27N3O4S. The lowest BCUT2D eigenvalue weighted by Crippen LogP contribution is -2.52. The summed E-state index contributed by atoms with van der Waals surface area (Å²) in [7, 11) is -1.84. The molecule has 2 rings (SSSR count). The number of carbonyl (C=O) groups excluding carboxylic acids is 1. The van der Waals surface area contributed by atoms with E-state index in [-0.39, 0.29) is 12.5 Å². The van der Waals surface area contributed by atoms with E-state index in [0.29, 0.717) is 32.7 Å². The van der Waals surface area contributed by atoms with E-state index >= 15 is 0 Å². The molecule has 1 saturated heterocycles. The third-order valence-corrected chi connectivity index (χ3v) is 5.54. The standard InChI is InChI=1S/C17H27N3O4S/c1-24-14-6-9-20(25(2,22)23)15-17(21)19-12-10-18(11-13-19)16-7-4-3-5-8-16/h3-5,7-8H,6,9-15H2,1-2H3. The fourth-order valence-electron chi connectivity index (χ4n) is 2.85. The molecule has 0 aromatic heterocycles. The molecule has 0 spiro atoms. The summed E-state index contributed by atoms with van der Waals surface area (Å²) in [5.41, 5.74) is 1.15. The van der Waals surface area contributed by atoms with Crippen LogP contribution in [-0.4, -0.2) is 82.8 Å². The molecule has 0 N–H and O–H groups in total. The van der Waals surface area contributed by atoms with Crippen molar-refractivity contribution in [2.75, 3.05) is 64.1 Å². The van der Waals surface area contributed by atoms with Crippen LogP contribution < -0.4 is 4.90 Å². The fraction of sp³-hybridized carbons (Fsp3) is 0.588. The second-order valence-electron chi connectivity index (χ2n) is 6.15. The van der Waals surface area contributed by atoms with Gasteiger partial charge in [-0.25, -0.2) is 8.42 Å². The number of methoxy groups -OCH3 is 1. The number of benzene rings is 1. The third kappa shape index (κ3) is 5.98. The molecule has 1 aliphatic heterocycles. The highest BCUT2D eigenvalue weighted by Crippen LogP contribution is 2.15. The van der Waals surface area contributed by atoms with Crippen LogP contribution in [-0.2, 0) is 19.6 Å². The Labute approximate surface area is 150 Å². The highest BCUT2D eigenvalue weighted by molar-refractivity contribution is 7.88. The Kier molecular flexibility index (Phi) is 7.22. The molecular weight excluding hydrogens is 342 g/mol. The average molecular weight is 369 g/mol. The zero-order valence-electron chi connectivity index (χ0n) is 14.9. The van der Waals surface area contributed by atoms with E-state index in [1.54, 1.807) is 12.0 Å². The first-order chi connectivity index (χ1) is 11.9. The van der Waals surface area contributed by atoms with E-state index in [9.17, 15) is 13.2 Å². The molecule has 8 heteroatoms. The molecule has 0 aliphatic carbocycles. The van der Waals surface area contributed by atoms with Gasteiger partial charge < -0.3 is 14.5 Å². The van der Waals surface area contributed by atoms with Crippen LogP contribution in [0.15, 0.2) is 30.3 Å². The Morgan fingerprint density at radius 2 is 1.80 bits per heavy atom. The fourth-order valence-corrected chi connectivity index (χ4v) is 3.66. The van der Waals surface area contributed by atoms with Gasteiger partial charge in [-0.2, -0.15) is 4.31 Å². The van der Waals surface area contributed by atoms with E-state index in [1.807, 2.05) is 18.2 Å². The summed E-state index contributed by atoms with van der Waals surface area (Å²) in [6, 6.07) is 10.1. The number of nitrogens with zero attached hydrogens (tertiary/aromatic N) is 3. The number of anilines is 1.